The molecule has 0 aliphatic heterocycles. The Bertz CT molecular complexity index is 1570. The number of carbonyl (C=O) groups is 2. The lowest BCUT2D eigenvalue weighted by Crippen LogP contribution is -2.51. The van der Waals surface area contributed by atoms with E-state index in [1.807, 2.05) is 60.8 Å². The molecule has 0 spiro atoms. The SMILES string of the molecule is C[C@]12CCC(=NNC(=O)Cc3c[nH]c4ccccc34)C=C1CC[C@@H]1[C@@H]2CC[C@]2(C)C(OC(=O)c3ccccc3)CC[C@@H]12. The molecular formula is C36H41N3O3. The largest absolute Gasteiger partial charge is 0.458 e. The number of hydrazone groups is 1. The van der Waals surface area contributed by atoms with Gasteiger partial charge in [-0.3, -0.25) is 4.79 Å². The maximum Gasteiger partial charge on any atom is 0.338 e. The van der Waals surface area contributed by atoms with Gasteiger partial charge in [0, 0.05) is 22.5 Å². The summed E-state index contributed by atoms with van der Waals surface area (Å²) < 4.78 is 6.19. The van der Waals surface area contributed by atoms with Gasteiger partial charge < -0.3 is 9.72 Å². The molecule has 7 rings (SSSR count). The van der Waals surface area contributed by atoms with Gasteiger partial charge in [0.15, 0.2) is 0 Å². The molecule has 0 radical (unpaired) electrons. The summed E-state index contributed by atoms with van der Waals surface area (Å²) in [4.78, 5) is 28.9. The first-order chi connectivity index (χ1) is 20.3. The van der Waals surface area contributed by atoms with Crippen molar-refractivity contribution in [1.82, 2.24) is 10.4 Å². The topological polar surface area (TPSA) is 83.6 Å². The van der Waals surface area contributed by atoms with E-state index in [1.54, 1.807) is 0 Å². The summed E-state index contributed by atoms with van der Waals surface area (Å²) in [7, 11) is 0. The third kappa shape index (κ3) is 4.60. The smallest absolute Gasteiger partial charge is 0.338 e. The van der Waals surface area contributed by atoms with E-state index in [4.69, 9.17) is 4.74 Å². The van der Waals surface area contributed by atoms with Gasteiger partial charge in [0.25, 0.3) is 0 Å². The molecule has 0 saturated heterocycles. The zero-order valence-electron chi connectivity index (χ0n) is 24.7. The summed E-state index contributed by atoms with van der Waals surface area (Å²) in [5.41, 5.74) is 8.24. The Hall–Kier alpha value is -3.67. The Labute approximate surface area is 248 Å². The second-order valence-corrected chi connectivity index (χ2v) is 13.6. The molecule has 3 aromatic rings. The van der Waals surface area contributed by atoms with E-state index in [2.05, 4.69) is 35.4 Å². The van der Waals surface area contributed by atoms with Crippen LogP contribution < -0.4 is 5.43 Å². The number of H-pyrrole nitrogens is 1. The molecule has 1 unspecified atom stereocenters. The lowest BCUT2D eigenvalue weighted by molar-refractivity contribution is -0.120. The van der Waals surface area contributed by atoms with Gasteiger partial charge in [0.05, 0.1) is 17.7 Å². The molecule has 3 fully saturated rings. The molecule has 6 nitrogen and oxygen atoms in total. The second-order valence-electron chi connectivity index (χ2n) is 13.6. The number of esters is 1. The van der Waals surface area contributed by atoms with Gasteiger partial charge in [-0.15, -0.1) is 0 Å². The summed E-state index contributed by atoms with van der Waals surface area (Å²) in [6.07, 6.45) is 13.1. The molecule has 2 aromatic carbocycles. The fraction of sp³-hybridized carbons (Fsp3) is 0.472. The monoisotopic (exact) mass is 563 g/mol. The van der Waals surface area contributed by atoms with Crippen molar-refractivity contribution in [3.8, 4) is 0 Å². The van der Waals surface area contributed by atoms with E-state index in [9.17, 15) is 9.59 Å². The van der Waals surface area contributed by atoms with Crippen molar-refractivity contribution in [2.24, 2.45) is 33.7 Å². The van der Waals surface area contributed by atoms with E-state index in [-0.39, 0.29) is 28.8 Å². The van der Waals surface area contributed by atoms with E-state index < -0.39 is 0 Å². The van der Waals surface area contributed by atoms with Gasteiger partial charge in [-0.25, -0.2) is 10.2 Å². The van der Waals surface area contributed by atoms with E-state index in [0.29, 0.717) is 29.7 Å². The Morgan fingerprint density at radius 3 is 2.62 bits per heavy atom. The molecule has 4 aliphatic carbocycles. The zero-order chi connectivity index (χ0) is 28.9. The average Bonchev–Trinajstić information content (AvgIpc) is 3.56. The van der Waals surface area contributed by atoms with Gasteiger partial charge in [-0.1, -0.05) is 55.8 Å². The molecule has 2 N–H and O–H groups in total. The highest BCUT2D eigenvalue weighted by Gasteiger charge is 2.59. The highest BCUT2D eigenvalue weighted by Crippen LogP contribution is 2.65. The third-order valence-corrected chi connectivity index (χ3v) is 11.5. The Kier molecular flexibility index (Phi) is 6.83. The number of ether oxygens (including phenoxy) is 1. The van der Waals surface area contributed by atoms with Crippen LogP contribution in [0.5, 0.6) is 0 Å². The predicted octanol–water partition coefficient (Wildman–Crippen LogP) is 7.37. The first kappa shape index (κ1) is 27.2. The molecule has 1 amide bonds. The lowest BCUT2D eigenvalue weighted by Gasteiger charge is -2.58. The summed E-state index contributed by atoms with van der Waals surface area (Å²) in [5, 5.41) is 5.66. The van der Waals surface area contributed by atoms with Gasteiger partial charge in [0.2, 0.25) is 5.91 Å². The molecule has 6 atom stereocenters. The van der Waals surface area contributed by atoms with Crippen LogP contribution >= 0.6 is 0 Å². The number of amides is 1. The van der Waals surface area contributed by atoms with Crippen molar-refractivity contribution in [3.63, 3.8) is 0 Å². The van der Waals surface area contributed by atoms with Gasteiger partial charge >= 0.3 is 5.97 Å². The molecule has 0 bridgehead atoms. The minimum absolute atomic E-state index is 0.00105. The van der Waals surface area contributed by atoms with Crippen molar-refractivity contribution >= 4 is 28.5 Å². The van der Waals surface area contributed by atoms with Crippen LogP contribution in [0.2, 0.25) is 0 Å². The predicted molar refractivity (Wildman–Crippen MR) is 165 cm³/mol. The van der Waals surface area contributed by atoms with Crippen LogP contribution in [0.25, 0.3) is 10.9 Å². The number of allylic oxidation sites excluding steroid dienone is 2. The maximum atomic E-state index is 12.9. The molecule has 6 heteroatoms. The zero-order valence-corrected chi connectivity index (χ0v) is 24.7. The minimum atomic E-state index is -0.182. The van der Waals surface area contributed by atoms with Crippen molar-refractivity contribution < 1.29 is 14.3 Å². The molecule has 1 aromatic heterocycles. The quantitative estimate of drug-likeness (QED) is 0.251. The summed E-state index contributed by atoms with van der Waals surface area (Å²) >= 11 is 0. The first-order valence-electron chi connectivity index (χ1n) is 15.7. The molecular weight excluding hydrogens is 522 g/mol. The van der Waals surface area contributed by atoms with Crippen molar-refractivity contribution in [1.29, 1.82) is 0 Å². The Morgan fingerprint density at radius 1 is 0.952 bits per heavy atom. The summed E-state index contributed by atoms with van der Waals surface area (Å²) in [5.74, 6) is 1.65. The number of benzene rings is 2. The molecule has 3 saturated carbocycles. The maximum absolute atomic E-state index is 12.9. The Balaban J connectivity index is 1.02. The molecule has 1 heterocycles. The standard InChI is InChI=1S/C36H41N3O3/c1-35-18-16-26(38-39-33(40)20-24-22-37-31-11-7-6-10-27(24)31)21-25(35)12-13-28-29-14-15-32(36(29,2)19-17-30(28)35)42-34(41)23-8-4-3-5-9-23/h3-11,21-22,28-30,32,37H,12-20H2,1-2H3,(H,39,40)/t28-,29-,30-,32?,35-,36-/m0/s1. The van der Waals surface area contributed by atoms with Crippen LogP contribution in [-0.4, -0.2) is 28.7 Å². The molecule has 4 aliphatic rings. The van der Waals surface area contributed by atoms with Gasteiger partial charge in [-0.05, 0) is 104 Å². The van der Waals surface area contributed by atoms with Gasteiger partial charge in [-0.2, -0.15) is 5.10 Å². The first-order valence-corrected chi connectivity index (χ1v) is 15.7. The fourth-order valence-electron chi connectivity index (χ4n) is 9.20. The number of rotatable bonds is 5. The van der Waals surface area contributed by atoms with Crippen molar-refractivity contribution in [3.05, 3.63) is 83.6 Å². The van der Waals surface area contributed by atoms with Crippen molar-refractivity contribution in [2.75, 3.05) is 0 Å². The van der Waals surface area contributed by atoms with E-state index in [1.165, 1.54) is 18.4 Å². The number of aromatic nitrogens is 1. The second kappa shape index (κ2) is 10.6. The fourth-order valence-corrected chi connectivity index (χ4v) is 9.20. The number of carbonyl (C=O) groups excluding carboxylic acids is 2. The summed E-state index contributed by atoms with van der Waals surface area (Å²) in [6, 6.07) is 17.5. The number of fused-ring (bicyclic) bond motifs is 6. The van der Waals surface area contributed by atoms with E-state index in [0.717, 1.165) is 60.7 Å². The number of nitrogens with one attached hydrogen (secondary N) is 2. The number of hydrogen-bond acceptors (Lipinski definition) is 4. The Morgan fingerprint density at radius 2 is 1.76 bits per heavy atom. The number of nitrogens with zero attached hydrogens (tertiary/aromatic N) is 1. The van der Waals surface area contributed by atoms with Crippen LogP contribution in [0.1, 0.15) is 81.1 Å². The van der Waals surface area contributed by atoms with Crippen LogP contribution in [0.3, 0.4) is 0 Å². The van der Waals surface area contributed by atoms with Crippen LogP contribution in [-0.2, 0) is 16.0 Å². The van der Waals surface area contributed by atoms with Crippen LogP contribution in [0, 0.1) is 28.6 Å². The summed E-state index contributed by atoms with van der Waals surface area (Å²) in [6.45, 7) is 4.87. The van der Waals surface area contributed by atoms with Crippen LogP contribution in [0.4, 0.5) is 0 Å². The third-order valence-electron chi connectivity index (χ3n) is 11.5. The van der Waals surface area contributed by atoms with Crippen LogP contribution in [0.15, 0.2) is 77.5 Å². The number of para-hydroxylation sites is 1. The molecule has 42 heavy (non-hydrogen) atoms. The number of aromatic amines is 1. The minimum Gasteiger partial charge on any atom is -0.458 e. The molecule has 218 valence electrons. The highest BCUT2D eigenvalue weighted by molar-refractivity contribution is 5.98. The number of hydrogen-bond donors (Lipinski definition) is 2. The van der Waals surface area contributed by atoms with Crippen molar-refractivity contribution in [2.45, 2.75) is 77.7 Å². The highest BCUT2D eigenvalue weighted by atomic mass is 16.5. The van der Waals surface area contributed by atoms with E-state index >= 15 is 0 Å². The normalized spacial score (nSPS) is 32.9. The van der Waals surface area contributed by atoms with Gasteiger partial charge in [0.1, 0.15) is 6.10 Å². The lowest BCUT2D eigenvalue weighted by atomic mass is 9.47. The average molecular weight is 564 g/mol.